The number of carbonyl (C=O) groups excluding carboxylic acids is 1. The lowest BCUT2D eigenvalue weighted by Crippen LogP contribution is -2.57. The number of hydrogen-bond acceptors (Lipinski definition) is 4. The van der Waals surface area contributed by atoms with E-state index in [1.54, 1.807) is 12.1 Å². The Labute approximate surface area is 122 Å². The van der Waals surface area contributed by atoms with Crippen LogP contribution in [0.15, 0.2) is 12.1 Å². The lowest BCUT2D eigenvalue weighted by Gasteiger charge is -2.39. The van der Waals surface area contributed by atoms with Crippen LogP contribution in [-0.2, 0) is 16.1 Å². The summed E-state index contributed by atoms with van der Waals surface area (Å²) in [5.41, 5.74) is -0.292. The van der Waals surface area contributed by atoms with Crippen LogP contribution in [0, 0.1) is 5.82 Å². The molecule has 1 aromatic rings. The van der Waals surface area contributed by atoms with Gasteiger partial charge < -0.3 is 9.47 Å². The molecule has 0 unspecified atom stereocenters. The van der Waals surface area contributed by atoms with E-state index in [0.29, 0.717) is 24.2 Å². The minimum Gasteiger partial charge on any atom is -0.495 e. The standard InChI is InChI=1S/C14H17ClFNO3/c1-19-10-5-4-9(12(16)11(10)15)8-17-14(6-3-7-14)13(18)20-2/h4-5,17H,3,6-8H2,1-2H3. The fourth-order valence-electron chi connectivity index (χ4n) is 2.31. The molecule has 1 fully saturated rings. The number of benzene rings is 1. The fraction of sp³-hybridized carbons (Fsp3) is 0.500. The second-order valence-corrected chi connectivity index (χ2v) is 5.21. The molecule has 1 aliphatic rings. The zero-order valence-electron chi connectivity index (χ0n) is 11.5. The number of nitrogens with one attached hydrogen (secondary N) is 1. The van der Waals surface area contributed by atoms with Crippen molar-refractivity contribution in [2.45, 2.75) is 31.3 Å². The topological polar surface area (TPSA) is 47.6 Å². The van der Waals surface area contributed by atoms with Gasteiger partial charge in [-0.15, -0.1) is 0 Å². The SMILES string of the molecule is COC(=O)C1(NCc2ccc(OC)c(Cl)c2F)CCC1. The van der Waals surface area contributed by atoms with Crippen LogP contribution in [0.3, 0.4) is 0 Å². The molecule has 20 heavy (non-hydrogen) atoms. The molecule has 0 aliphatic heterocycles. The van der Waals surface area contributed by atoms with E-state index < -0.39 is 11.4 Å². The van der Waals surface area contributed by atoms with Crippen molar-refractivity contribution in [2.24, 2.45) is 0 Å². The maximum absolute atomic E-state index is 14.1. The van der Waals surface area contributed by atoms with E-state index >= 15 is 0 Å². The van der Waals surface area contributed by atoms with Crippen molar-refractivity contribution in [2.75, 3.05) is 14.2 Å². The van der Waals surface area contributed by atoms with E-state index in [9.17, 15) is 9.18 Å². The highest BCUT2D eigenvalue weighted by Crippen LogP contribution is 2.34. The number of hydrogen-bond donors (Lipinski definition) is 1. The Morgan fingerprint density at radius 1 is 1.45 bits per heavy atom. The third-order valence-electron chi connectivity index (χ3n) is 3.75. The molecule has 1 N–H and O–H groups in total. The van der Waals surface area contributed by atoms with Crippen LogP contribution in [0.2, 0.25) is 5.02 Å². The Kier molecular flexibility index (Phi) is 4.50. The molecule has 110 valence electrons. The number of esters is 1. The molecule has 0 radical (unpaired) electrons. The monoisotopic (exact) mass is 301 g/mol. The van der Waals surface area contributed by atoms with E-state index in [1.807, 2.05) is 0 Å². The predicted molar refractivity (Wildman–Crippen MR) is 73.4 cm³/mol. The van der Waals surface area contributed by atoms with Gasteiger partial charge in [0.2, 0.25) is 0 Å². The normalized spacial score (nSPS) is 16.4. The molecule has 0 bridgehead atoms. The summed E-state index contributed by atoms with van der Waals surface area (Å²) in [6.07, 6.45) is 2.35. The van der Waals surface area contributed by atoms with Crippen LogP contribution in [0.1, 0.15) is 24.8 Å². The van der Waals surface area contributed by atoms with E-state index in [-0.39, 0.29) is 17.5 Å². The van der Waals surface area contributed by atoms with Crippen LogP contribution in [-0.4, -0.2) is 25.7 Å². The average molecular weight is 302 g/mol. The number of ether oxygens (including phenoxy) is 2. The summed E-state index contributed by atoms with van der Waals surface area (Å²) in [6.45, 7) is 0.213. The number of rotatable bonds is 5. The van der Waals surface area contributed by atoms with Gasteiger partial charge in [-0.1, -0.05) is 17.7 Å². The Hall–Kier alpha value is -1.33. The van der Waals surface area contributed by atoms with Crippen LogP contribution in [0.4, 0.5) is 4.39 Å². The zero-order valence-corrected chi connectivity index (χ0v) is 12.2. The maximum atomic E-state index is 14.1. The van der Waals surface area contributed by atoms with E-state index in [2.05, 4.69) is 5.32 Å². The van der Waals surface area contributed by atoms with Crippen LogP contribution in [0.5, 0.6) is 5.75 Å². The molecule has 0 spiro atoms. The summed E-state index contributed by atoms with van der Waals surface area (Å²) >= 11 is 5.87. The first-order valence-corrected chi connectivity index (χ1v) is 6.76. The van der Waals surface area contributed by atoms with Gasteiger partial charge in [0.05, 0.1) is 14.2 Å². The lowest BCUT2D eigenvalue weighted by molar-refractivity contribution is -0.152. The third-order valence-corrected chi connectivity index (χ3v) is 4.10. The number of carbonyl (C=O) groups is 1. The summed E-state index contributed by atoms with van der Waals surface area (Å²) in [5, 5.41) is 3.04. The summed E-state index contributed by atoms with van der Waals surface area (Å²) in [7, 11) is 2.79. The highest BCUT2D eigenvalue weighted by atomic mass is 35.5. The average Bonchev–Trinajstić information content (AvgIpc) is 2.41. The van der Waals surface area contributed by atoms with Gasteiger partial charge in [0, 0.05) is 12.1 Å². The second-order valence-electron chi connectivity index (χ2n) is 4.84. The van der Waals surface area contributed by atoms with Gasteiger partial charge in [0.15, 0.2) is 0 Å². The van der Waals surface area contributed by atoms with Gasteiger partial charge in [0.1, 0.15) is 22.1 Å². The van der Waals surface area contributed by atoms with E-state index in [0.717, 1.165) is 6.42 Å². The molecule has 1 aliphatic carbocycles. The van der Waals surface area contributed by atoms with Crippen molar-refractivity contribution in [3.05, 3.63) is 28.5 Å². The molecular formula is C14H17ClFNO3. The van der Waals surface area contributed by atoms with Crippen LogP contribution < -0.4 is 10.1 Å². The Bertz CT molecular complexity index is 517. The summed E-state index contributed by atoms with van der Waals surface area (Å²) in [5.74, 6) is -0.541. The molecule has 1 aromatic carbocycles. The summed E-state index contributed by atoms with van der Waals surface area (Å²) in [6, 6.07) is 3.20. The van der Waals surface area contributed by atoms with Crippen molar-refractivity contribution in [3.8, 4) is 5.75 Å². The Balaban J connectivity index is 2.11. The quantitative estimate of drug-likeness (QED) is 0.850. The highest BCUT2D eigenvalue weighted by Gasteiger charge is 2.44. The first-order valence-electron chi connectivity index (χ1n) is 6.38. The minimum absolute atomic E-state index is 0.0486. The van der Waals surface area contributed by atoms with Crippen molar-refractivity contribution in [1.82, 2.24) is 5.32 Å². The van der Waals surface area contributed by atoms with Gasteiger partial charge >= 0.3 is 5.97 Å². The third kappa shape index (κ3) is 2.60. The van der Waals surface area contributed by atoms with Crippen molar-refractivity contribution in [1.29, 1.82) is 0 Å². The molecule has 1 saturated carbocycles. The molecule has 2 rings (SSSR count). The fourth-order valence-corrected chi connectivity index (χ4v) is 2.57. The van der Waals surface area contributed by atoms with Gasteiger partial charge in [-0.05, 0) is 25.3 Å². The van der Waals surface area contributed by atoms with E-state index in [4.69, 9.17) is 21.1 Å². The predicted octanol–water partition coefficient (Wildman–Crippen LogP) is 2.67. The van der Waals surface area contributed by atoms with Crippen molar-refractivity contribution < 1.29 is 18.7 Å². The molecule has 4 nitrogen and oxygen atoms in total. The largest absolute Gasteiger partial charge is 0.495 e. The number of halogens is 2. The Morgan fingerprint density at radius 2 is 2.15 bits per heavy atom. The van der Waals surface area contributed by atoms with Crippen LogP contribution in [0.25, 0.3) is 0 Å². The molecule has 6 heteroatoms. The molecule has 0 atom stereocenters. The van der Waals surface area contributed by atoms with Gasteiger partial charge in [-0.25, -0.2) is 4.39 Å². The van der Waals surface area contributed by atoms with Crippen molar-refractivity contribution in [3.63, 3.8) is 0 Å². The highest BCUT2D eigenvalue weighted by molar-refractivity contribution is 6.32. The van der Waals surface area contributed by atoms with Gasteiger partial charge in [-0.3, -0.25) is 10.1 Å². The Morgan fingerprint density at radius 3 is 2.65 bits per heavy atom. The molecule has 0 aromatic heterocycles. The first kappa shape index (κ1) is 15.1. The number of methoxy groups -OCH3 is 2. The first-order chi connectivity index (χ1) is 9.54. The molecule has 0 heterocycles. The lowest BCUT2D eigenvalue weighted by atomic mass is 9.76. The van der Waals surface area contributed by atoms with E-state index in [1.165, 1.54) is 14.2 Å². The van der Waals surface area contributed by atoms with Gasteiger partial charge in [-0.2, -0.15) is 0 Å². The second kappa shape index (κ2) is 5.97. The summed E-state index contributed by atoms with van der Waals surface area (Å²) in [4.78, 5) is 11.8. The minimum atomic E-state index is -0.687. The summed E-state index contributed by atoms with van der Waals surface area (Å²) < 4.78 is 23.8. The van der Waals surface area contributed by atoms with Crippen LogP contribution >= 0.6 is 11.6 Å². The molecule has 0 saturated heterocycles. The zero-order chi connectivity index (χ0) is 14.8. The molecular weight excluding hydrogens is 285 g/mol. The maximum Gasteiger partial charge on any atom is 0.326 e. The van der Waals surface area contributed by atoms with Crippen molar-refractivity contribution >= 4 is 17.6 Å². The molecule has 0 amide bonds. The smallest absolute Gasteiger partial charge is 0.326 e. The van der Waals surface area contributed by atoms with Gasteiger partial charge in [0.25, 0.3) is 0 Å².